The zero-order valence-electron chi connectivity index (χ0n) is 11.4. The van der Waals surface area contributed by atoms with Crippen molar-refractivity contribution < 1.29 is 24.2 Å². The average Bonchev–Trinajstić information content (AvgIpc) is 2.42. The Morgan fingerprint density at radius 3 is 2.50 bits per heavy atom. The number of carboxylic acid groups (broad SMARTS) is 1. The number of carbonyl (C=O) groups is 2. The Morgan fingerprint density at radius 2 is 2.00 bits per heavy atom. The molecule has 1 unspecified atom stereocenters. The molecule has 0 bridgehead atoms. The fraction of sp³-hybridized carbons (Fsp3) is 0.385. The van der Waals surface area contributed by atoms with Gasteiger partial charge < -0.3 is 19.9 Å². The van der Waals surface area contributed by atoms with E-state index in [1.54, 1.807) is 0 Å². The number of amides is 1. The van der Waals surface area contributed by atoms with E-state index in [1.165, 1.54) is 33.3 Å². The van der Waals surface area contributed by atoms with Gasteiger partial charge in [0.2, 0.25) is 0 Å². The number of nitrogens with one attached hydrogen (secondary N) is 1. The van der Waals surface area contributed by atoms with Gasteiger partial charge in [0.15, 0.2) is 11.5 Å². The Morgan fingerprint density at radius 1 is 1.35 bits per heavy atom. The summed E-state index contributed by atoms with van der Waals surface area (Å²) in [6.07, 6.45) is 0. The van der Waals surface area contributed by atoms with E-state index >= 15 is 0 Å². The molecular formula is C13H16ClNO5. The first-order valence-corrected chi connectivity index (χ1v) is 6.21. The standard InChI is InChI=1S/C13H16ClNO5/c1-7(13(17)18)6-15-12(16)8-4-9(14)11(20-3)10(5-8)19-2/h4-5,7H,6H2,1-3H3,(H,15,16)(H,17,18). The third-order valence-electron chi connectivity index (χ3n) is 2.69. The summed E-state index contributed by atoms with van der Waals surface area (Å²) >= 11 is 5.99. The Kier molecular flexibility index (Phi) is 5.64. The molecule has 0 saturated carbocycles. The second kappa shape index (κ2) is 7.00. The van der Waals surface area contributed by atoms with Crippen molar-refractivity contribution in [3.63, 3.8) is 0 Å². The van der Waals surface area contributed by atoms with E-state index in [0.29, 0.717) is 11.5 Å². The molecule has 0 radical (unpaired) electrons. The fourth-order valence-electron chi connectivity index (χ4n) is 1.48. The maximum Gasteiger partial charge on any atom is 0.308 e. The first kappa shape index (κ1) is 16.1. The molecule has 20 heavy (non-hydrogen) atoms. The molecule has 0 fully saturated rings. The second-order valence-corrected chi connectivity index (χ2v) is 4.55. The van der Waals surface area contributed by atoms with Gasteiger partial charge in [0.05, 0.1) is 25.2 Å². The lowest BCUT2D eigenvalue weighted by atomic mass is 10.1. The van der Waals surface area contributed by atoms with Crippen molar-refractivity contribution in [1.82, 2.24) is 5.32 Å². The number of methoxy groups -OCH3 is 2. The molecule has 0 aliphatic rings. The number of rotatable bonds is 6. The average molecular weight is 302 g/mol. The fourth-order valence-corrected chi connectivity index (χ4v) is 1.77. The summed E-state index contributed by atoms with van der Waals surface area (Å²) in [5.74, 6) is -1.41. The molecule has 0 aliphatic heterocycles. The summed E-state index contributed by atoms with van der Waals surface area (Å²) in [6.45, 7) is 1.53. The van der Waals surface area contributed by atoms with Crippen LogP contribution < -0.4 is 14.8 Å². The second-order valence-electron chi connectivity index (χ2n) is 4.14. The molecule has 7 heteroatoms. The van der Waals surface area contributed by atoms with E-state index in [9.17, 15) is 9.59 Å². The molecular weight excluding hydrogens is 286 g/mol. The molecule has 0 aromatic heterocycles. The molecule has 1 aromatic carbocycles. The Hall–Kier alpha value is -1.95. The molecule has 1 amide bonds. The number of aliphatic carboxylic acids is 1. The smallest absolute Gasteiger partial charge is 0.308 e. The van der Waals surface area contributed by atoms with Crippen LogP contribution in [0.4, 0.5) is 0 Å². The summed E-state index contributed by atoms with van der Waals surface area (Å²) in [6, 6.07) is 2.91. The van der Waals surface area contributed by atoms with Gasteiger partial charge in [0, 0.05) is 12.1 Å². The van der Waals surface area contributed by atoms with Crippen LogP contribution >= 0.6 is 11.6 Å². The van der Waals surface area contributed by atoms with Crippen LogP contribution in [0.5, 0.6) is 11.5 Å². The van der Waals surface area contributed by atoms with Crippen molar-refractivity contribution in [2.75, 3.05) is 20.8 Å². The molecule has 1 aromatic rings. The molecule has 0 heterocycles. The molecule has 1 atom stereocenters. The van der Waals surface area contributed by atoms with Crippen molar-refractivity contribution in [3.8, 4) is 11.5 Å². The minimum Gasteiger partial charge on any atom is -0.493 e. The third kappa shape index (κ3) is 3.77. The maximum atomic E-state index is 11.9. The maximum absolute atomic E-state index is 11.9. The highest BCUT2D eigenvalue weighted by Gasteiger charge is 2.17. The van der Waals surface area contributed by atoms with Crippen LogP contribution in [0.2, 0.25) is 5.02 Å². The number of hydrogen-bond acceptors (Lipinski definition) is 4. The number of ether oxygens (including phenoxy) is 2. The van der Waals surface area contributed by atoms with E-state index < -0.39 is 17.8 Å². The summed E-state index contributed by atoms with van der Waals surface area (Å²) in [5, 5.41) is 11.5. The van der Waals surface area contributed by atoms with Crippen LogP contribution in [0, 0.1) is 5.92 Å². The largest absolute Gasteiger partial charge is 0.493 e. The molecule has 0 spiro atoms. The predicted octanol–water partition coefficient (Wildman–Crippen LogP) is 1.81. The van der Waals surface area contributed by atoms with Gasteiger partial charge in [-0.15, -0.1) is 0 Å². The minimum atomic E-state index is -0.976. The highest BCUT2D eigenvalue weighted by molar-refractivity contribution is 6.32. The summed E-state index contributed by atoms with van der Waals surface area (Å²) < 4.78 is 10.2. The lowest BCUT2D eigenvalue weighted by Gasteiger charge is -2.12. The topological polar surface area (TPSA) is 84.9 Å². The first-order chi connectivity index (χ1) is 9.40. The Balaban J connectivity index is 2.89. The van der Waals surface area contributed by atoms with Crippen LogP contribution in [0.25, 0.3) is 0 Å². The van der Waals surface area contributed by atoms with Crippen LogP contribution in [0.15, 0.2) is 12.1 Å². The van der Waals surface area contributed by atoms with Crippen LogP contribution in [0.1, 0.15) is 17.3 Å². The van der Waals surface area contributed by atoms with Gasteiger partial charge in [-0.05, 0) is 12.1 Å². The van der Waals surface area contributed by atoms with E-state index in [0.717, 1.165) is 0 Å². The van der Waals surface area contributed by atoms with Gasteiger partial charge in [-0.3, -0.25) is 9.59 Å². The lowest BCUT2D eigenvalue weighted by Crippen LogP contribution is -2.31. The highest BCUT2D eigenvalue weighted by Crippen LogP contribution is 2.35. The third-order valence-corrected chi connectivity index (χ3v) is 2.97. The van der Waals surface area contributed by atoms with Gasteiger partial charge in [-0.1, -0.05) is 18.5 Å². The molecule has 6 nitrogen and oxygen atoms in total. The SMILES string of the molecule is COc1cc(C(=O)NCC(C)C(=O)O)cc(Cl)c1OC. The van der Waals surface area contributed by atoms with E-state index in [4.69, 9.17) is 26.2 Å². The van der Waals surface area contributed by atoms with E-state index in [2.05, 4.69) is 5.32 Å². The monoisotopic (exact) mass is 301 g/mol. The number of benzene rings is 1. The van der Waals surface area contributed by atoms with Gasteiger partial charge in [0.1, 0.15) is 0 Å². The molecule has 0 saturated heterocycles. The van der Waals surface area contributed by atoms with Crippen molar-refractivity contribution in [3.05, 3.63) is 22.7 Å². The zero-order valence-corrected chi connectivity index (χ0v) is 12.2. The normalized spacial score (nSPS) is 11.6. The molecule has 0 aliphatic carbocycles. The van der Waals surface area contributed by atoms with Crippen LogP contribution in [-0.4, -0.2) is 37.7 Å². The van der Waals surface area contributed by atoms with Gasteiger partial charge in [-0.2, -0.15) is 0 Å². The molecule has 110 valence electrons. The van der Waals surface area contributed by atoms with Crippen molar-refractivity contribution >= 4 is 23.5 Å². The lowest BCUT2D eigenvalue weighted by molar-refractivity contribution is -0.140. The summed E-state index contributed by atoms with van der Waals surface area (Å²) in [4.78, 5) is 22.6. The van der Waals surface area contributed by atoms with Crippen molar-refractivity contribution in [2.24, 2.45) is 5.92 Å². The van der Waals surface area contributed by atoms with Crippen LogP contribution in [-0.2, 0) is 4.79 Å². The molecule has 2 N–H and O–H groups in total. The number of halogens is 1. The van der Waals surface area contributed by atoms with Crippen molar-refractivity contribution in [1.29, 1.82) is 0 Å². The predicted molar refractivity (Wildman–Crippen MR) is 73.7 cm³/mol. The Labute approximate surface area is 121 Å². The highest BCUT2D eigenvalue weighted by atomic mass is 35.5. The zero-order chi connectivity index (χ0) is 15.3. The number of carboxylic acids is 1. The van der Waals surface area contributed by atoms with E-state index in [1.807, 2.05) is 0 Å². The van der Waals surface area contributed by atoms with E-state index in [-0.39, 0.29) is 17.1 Å². The van der Waals surface area contributed by atoms with Gasteiger partial charge in [0.25, 0.3) is 5.91 Å². The number of carbonyl (C=O) groups excluding carboxylic acids is 1. The molecule has 1 rings (SSSR count). The first-order valence-electron chi connectivity index (χ1n) is 5.83. The van der Waals surface area contributed by atoms with Crippen LogP contribution in [0.3, 0.4) is 0 Å². The quantitative estimate of drug-likeness (QED) is 0.837. The minimum absolute atomic E-state index is 0.0279. The number of hydrogen-bond donors (Lipinski definition) is 2. The van der Waals surface area contributed by atoms with Gasteiger partial charge >= 0.3 is 5.97 Å². The summed E-state index contributed by atoms with van der Waals surface area (Å²) in [5.41, 5.74) is 0.269. The Bertz CT molecular complexity index is 518. The summed E-state index contributed by atoms with van der Waals surface area (Å²) in [7, 11) is 2.88. The van der Waals surface area contributed by atoms with Crippen molar-refractivity contribution in [2.45, 2.75) is 6.92 Å². The van der Waals surface area contributed by atoms with Gasteiger partial charge in [-0.25, -0.2) is 0 Å².